The molecular formula is C69H78. The van der Waals surface area contributed by atoms with Gasteiger partial charge in [-0.15, -0.1) is 0 Å². The summed E-state index contributed by atoms with van der Waals surface area (Å²) < 4.78 is 0. The first-order valence-electron chi connectivity index (χ1n) is 27.8. The Bertz CT molecular complexity index is 2580. The van der Waals surface area contributed by atoms with Crippen LogP contribution in [0, 0.1) is 0 Å². The summed E-state index contributed by atoms with van der Waals surface area (Å²) >= 11 is 0. The molecule has 3 aliphatic carbocycles. The summed E-state index contributed by atoms with van der Waals surface area (Å²) in [7, 11) is 0. The highest BCUT2D eigenvalue weighted by atomic mass is 14.5. The fraction of sp³-hybridized carbons (Fsp3) is 0.391. The van der Waals surface area contributed by atoms with E-state index >= 15 is 0 Å². The maximum absolute atomic E-state index is 2.65. The van der Waals surface area contributed by atoms with Crippen molar-refractivity contribution < 1.29 is 0 Å². The summed E-state index contributed by atoms with van der Waals surface area (Å²) in [6, 6.07) is 58.5. The van der Waals surface area contributed by atoms with Crippen LogP contribution in [-0.4, -0.2) is 0 Å². The summed E-state index contributed by atoms with van der Waals surface area (Å²) in [5.74, 6) is 0. The summed E-state index contributed by atoms with van der Waals surface area (Å²) in [5.41, 5.74) is 26.4. The van der Waals surface area contributed by atoms with Crippen molar-refractivity contribution in [3.05, 3.63) is 179 Å². The number of fused-ring (bicyclic) bond motifs is 9. The normalized spacial score (nSPS) is 15.0. The standard InChI is InChI=1S/C69H78/c1-7-13-40-67(41-14-8-2)61-37-22-19-28-55(61)58-34-25-31-52(64(58)67)49-46-50(53-32-26-35-59-56-29-20-23-38-62(56)68(65(53)59,42-15-9-3)43-16-10-4)48-51(47-49)54-33-27-36-60-57-30-21-24-39-63(57)69(66(54)60,44-17-11-5)45-18-12-6/h19-39,46-48H,7-18,40-45H2,1-6H3. The first-order valence-corrected chi connectivity index (χ1v) is 27.8. The second kappa shape index (κ2) is 20.1. The smallest absolute Gasteiger partial charge is 0.0221 e. The maximum Gasteiger partial charge on any atom is 0.0221 e. The van der Waals surface area contributed by atoms with Gasteiger partial charge in [-0.3, -0.25) is 0 Å². The minimum Gasteiger partial charge on any atom is -0.0654 e. The van der Waals surface area contributed by atoms with Crippen LogP contribution in [0.25, 0.3) is 66.8 Å². The molecule has 3 aliphatic rings. The molecule has 0 nitrogen and oxygen atoms in total. The van der Waals surface area contributed by atoms with Crippen molar-refractivity contribution in [1.29, 1.82) is 0 Å². The molecule has 0 saturated carbocycles. The molecule has 0 unspecified atom stereocenters. The van der Waals surface area contributed by atoms with Crippen LogP contribution in [0.3, 0.4) is 0 Å². The number of rotatable bonds is 21. The minimum atomic E-state index is -0.0269. The Hall–Kier alpha value is -5.46. The fourth-order valence-corrected chi connectivity index (χ4v) is 14.3. The van der Waals surface area contributed by atoms with Gasteiger partial charge in [-0.05, 0) is 157 Å². The van der Waals surface area contributed by atoms with Crippen molar-refractivity contribution in [2.24, 2.45) is 0 Å². The lowest BCUT2D eigenvalue weighted by Gasteiger charge is -2.35. The minimum absolute atomic E-state index is 0.0269. The van der Waals surface area contributed by atoms with E-state index in [9.17, 15) is 0 Å². The summed E-state index contributed by atoms with van der Waals surface area (Å²) in [6.07, 6.45) is 21.6. The molecule has 0 aromatic heterocycles. The molecule has 10 rings (SSSR count). The van der Waals surface area contributed by atoms with Gasteiger partial charge in [0, 0.05) is 16.2 Å². The van der Waals surface area contributed by atoms with Crippen LogP contribution < -0.4 is 0 Å². The van der Waals surface area contributed by atoms with E-state index in [2.05, 4.69) is 187 Å². The van der Waals surface area contributed by atoms with Gasteiger partial charge in [0.15, 0.2) is 0 Å². The lowest BCUT2D eigenvalue weighted by Crippen LogP contribution is -2.26. The van der Waals surface area contributed by atoms with Crippen LogP contribution >= 0.6 is 0 Å². The Morgan fingerprint density at radius 1 is 0.246 bits per heavy atom. The van der Waals surface area contributed by atoms with Gasteiger partial charge in [-0.25, -0.2) is 0 Å². The van der Waals surface area contributed by atoms with Gasteiger partial charge >= 0.3 is 0 Å². The van der Waals surface area contributed by atoms with Crippen molar-refractivity contribution in [2.75, 3.05) is 0 Å². The van der Waals surface area contributed by atoms with Crippen LogP contribution in [0.15, 0.2) is 146 Å². The van der Waals surface area contributed by atoms with Crippen LogP contribution in [0.2, 0.25) is 0 Å². The largest absolute Gasteiger partial charge is 0.0654 e. The molecule has 0 atom stereocenters. The molecule has 0 N–H and O–H groups in total. The van der Waals surface area contributed by atoms with E-state index in [1.807, 2.05) is 0 Å². The molecule has 0 amide bonds. The van der Waals surface area contributed by atoms with Crippen molar-refractivity contribution in [1.82, 2.24) is 0 Å². The van der Waals surface area contributed by atoms with Crippen molar-refractivity contribution in [3.8, 4) is 66.8 Å². The number of hydrogen-bond acceptors (Lipinski definition) is 0. The predicted octanol–water partition coefficient (Wildman–Crippen LogP) is 20.6. The Morgan fingerprint density at radius 3 is 0.710 bits per heavy atom. The summed E-state index contributed by atoms with van der Waals surface area (Å²) in [5, 5.41) is 0. The van der Waals surface area contributed by atoms with Crippen molar-refractivity contribution in [3.63, 3.8) is 0 Å². The monoisotopic (exact) mass is 907 g/mol. The third-order valence-electron chi connectivity index (χ3n) is 17.4. The zero-order valence-electron chi connectivity index (χ0n) is 43.1. The van der Waals surface area contributed by atoms with Crippen molar-refractivity contribution in [2.45, 2.75) is 173 Å². The Morgan fingerprint density at radius 2 is 0.464 bits per heavy atom. The molecule has 354 valence electrons. The topological polar surface area (TPSA) is 0 Å². The van der Waals surface area contributed by atoms with Crippen LogP contribution in [0.4, 0.5) is 0 Å². The Kier molecular flexibility index (Phi) is 13.8. The van der Waals surface area contributed by atoms with E-state index in [1.165, 1.54) is 182 Å². The first kappa shape index (κ1) is 47.2. The van der Waals surface area contributed by atoms with Gasteiger partial charge in [-0.1, -0.05) is 246 Å². The second-order valence-corrected chi connectivity index (χ2v) is 21.5. The van der Waals surface area contributed by atoms with Gasteiger partial charge in [0.25, 0.3) is 0 Å². The number of benzene rings is 7. The van der Waals surface area contributed by atoms with E-state index in [1.54, 1.807) is 33.4 Å². The molecule has 0 fully saturated rings. The second-order valence-electron chi connectivity index (χ2n) is 21.5. The molecular weight excluding hydrogens is 829 g/mol. The zero-order valence-corrected chi connectivity index (χ0v) is 43.1. The quantitative estimate of drug-likeness (QED) is 0.0674. The molecule has 0 spiro atoms. The van der Waals surface area contributed by atoms with Crippen LogP contribution in [-0.2, 0) is 16.2 Å². The van der Waals surface area contributed by atoms with Gasteiger partial charge in [0.2, 0.25) is 0 Å². The molecule has 0 heteroatoms. The molecule has 0 aliphatic heterocycles. The van der Waals surface area contributed by atoms with E-state index < -0.39 is 0 Å². The molecule has 7 aromatic rings. The highest BCUT2D eigenvalue weighted by Crippen LogP contribution is 2.61. The Labute approximate surface area is 417 Å². The summed E-state index contributed by atoms with van der Waals surface area (Å²) in [4.78, 5) is 0. The first-order chi connectivity index (χ1) is 33.9. The average Bonchev–Trinajstić information content (AvgIpc) is 3.97. The van der Waals surface area contributed by atoms with Crippen LogP contribution in [0.1, 0.15) is 190 Å². The fourth-order valence-electron chi connectivity index (χ4n) is 14.3. The number of hydrogen-bond donors (Lipinski definition) is 0. The van der Waals surface area contributed by atoms with E-state index in [0.29, 0.717) is 0 Å². The maximum atomic E-state index is 2.65. The third-order valence-corrected chi connectivity index (χ3v) is 17.4. The van der Waals surface area contributed by atoms with Gasteiger partial charge < -0.3 is 0 Å². The third kappa shape index (κ3) is 7.79. The van der Waals surface area contributed by atoms with Gasteiger partial charge in [0.1, 0.15) is 0 Å². The SMILES string of the molecule is CCCCC1(CCCC)c2ccccc2-c2cccc(-c3cc(-c4cccc5c4C(CCCC)(CCCC)c4ccccc4-5)cc(-c4cccc5c4C(CCCC)(CCCC)c4ccccc4-5)c3)c21. The van der Waals surface area contributed by atoms with E-state index in [0.717, 1.165) is 0 Å². The highest BCUT2D eigenvalue weighted by molar-refractivity contribution is 5.96. The predicted molar refractivity (Wildman–Crippen MR) is 299 cm³/mol. The van der Waals surface area contributed by atoms with Crippen LogP contribution in [0.5, 0.6) is 0 Å². The molecule has 0 heterocycles. The van der Waals surface area contributed by atoms with Crippen molar-refractivity contribution >= 4 is 0 Å². The molecule has 69 heavy (non-hydrogen) atoms. The zero-order chi connectivity index (χ0) is 47.6. The van der Waals surface area contributed by atoms with Gasteiger partial charge in [-0.2, -0.15) is 0 Å². The van der Waals surface area contributed by atoms with Gasteiger partial charge in [0.05, 0.1) is 0 Å². The molecule has 0 radical (unpaired) electrons. The molecule has 0 bridgehead atoms. The highest BCUT2D eigenvalue weighted by Gasteiger charge is 2.47. The lowest BCUT2D eigenvalue weighted by molar-refractivity contribution is 0.415. The van der Waals surface area contributed by atoms with E-state index in [4.69, 9.17) is 0 Å². The molecule has 7 aromatic carbocycles. The lowest BCUT2D eigenvalue weighted by atomic mass is 9.67. The Balaban J connectivity index is 1.30. The summed E-state index contributed by atoms with van der Waals surface area (Å²) in [6.45, 7) is 14.3. The number of unbranched alkanes of at least 4 members (excludes halogenated alkanes) is 6. The van der Waals surface area contributed by atoms with E-state index in [-0.39, 0.29) is 16.2 Å². The molecule has 0 saturated heterocycles. The average molecular weight is 907 g/mol.